The fourth-order valence-electron chi connectivity index (χ4n) is 1.66. The van der Waals surface area contributed by atoms with Gasteiger partial charge in [0.05, 0.1) is 6.10 Å². The van der Waals surface area contributed by atoms with Gasteiger partial charge in [0.1, 0.15) is 5.82 Å². The van der Waals surface area contributed by atoms with Gasteiger partial charge in [0.2, 0.25) is 0 Å². The predicted octanol–water partition coefficient (Wildman–Crippen LogP) is 1.99. The third kappa shape index (κ3) is 2.25. The van der Waals surface area contributed by atoms with Crippen LogP contribution in [0.2, 0.25) is 0 Å². The standard InChI is InChI=1S/C12H14N2O/c1-9-4-2-3-5-10(9)11(15)8-12-13-6-7-14-12/h2-7,11,15H,8H2,1H3,(H,13,14). The molecule has 0 aliphatic heterocycles. The lowest BCUT2D eigenvalue weighted by atomic mass is 10.0. The topological polar surface area (TPSA) is 48.9 Å². The van der Waals surface area contributed by atoms with Crippen LogP contribution in [-0.2, 0) is 6.42 Å². The Morgan fingerprint density at radius 2 is 2.20 bits per heavy atom. The Morgan fingerprint density at radius 3 is 2.87 bits per heavy atom. The summed E-state index contributed by atoms with van der Waals surface area (Å²) in [4.78, 5) is 7.08. The van der Waals surface area contributed by atoms with E-state index in [4.69, 9.17) is 0 Å². The van der Waals surface area contributed by atoms with Crippen molar-refractivity contribution in [3.05, 3.63) is 53.6 Å². The molecule has 2 aromatic rings. The van der Waals surface area contributed by atoms with Gasteiger partial charge in [-0.1, -0.05) is 24.3 Å². The summed E-state index contributed by atoms with van der Waals surface area (Å²) in [7, 11) is 0. The van der Waals surface area contributed by atoms with Crippen molar-refractivity contribution in [3.63, 3.8) is 0 Å². The van der Waals surface area contributed by atoms with Crippen molar-refractivity contribution in [1.29, 1.82) is 0 Å². The van der Waals surface area contributed by atoms with Crippen molar-refractivity contribution in [2.45, 2.75) is 19.4 Å². The lowest BCUT2D eigenvalue weighted by Gasteiger charge is -2.11. The van der Waals surface area contributed by atoms with Gasteiger partial charge in [0.15, 0.2) is 0 Å². The Bertz CT molecular complexity index is 423. The maximum atomic E-state index is 10.0. The van der Waals surface area contributed by atoms with Crippen LogP contribution in [0.25, 0.3) is 0 Å². The molecule has 1 unspecified atom stereocenters. The van der Waals surface area contributed by atoms with E-state index in [0.29, 0.717) is 6.42 Å². The van der Waals surface area contributed by atoms with Crippen molar-refractivity contribution < 1.29 is 5.11 Å². The Labute approximate surface area is 88.8 Å². The molecule has 1 heterocycles. The molecule has 2 rings (SSSR count). The Kier molecular flexibility index (Phi) is 2.83. The first-order valence-electron chi connectivity index (χ1n) is 4.99. The summed E-state index contributed by atoms with van der Waals surface area (Å²) in [6.45, 7) is 2.00. The number of aliphatic hydroxyl groups is 1. The van der Waals surface area contributed by atoms with Crippen molar-refractivity contribution in [2.75, 3.05) is 0 Å². The van der Waals surface area contributed by atoms with Gasteiger partial charge in [0.25, 0.3) is 0 Å². The minimum absolute atomic E-state index is 0.489. The Hall–Kier alpha value is -1.61. The highest BCUT2D eigenvalue weighted by Gasteiger charge is 2.11. The fraction of sp³-hybridized carbons (Fsp3) is 0.250. The van der Waals surface area contributed by atoms with Crippen molar-refractivity contribution in [3.8, 4) is 0 Å². The Morgan fingerprint density at radius 1 is 1.40 bits per heavy atom. The zero-order valence-corrected chi connectivity index (χ0v) is 8.64. The third-order valence-electron chi connectivity index (χ3n) is 2.49. The van der Waals surface area contributed by atoms with Crippen molar-refractivity contribution in [2.24, 2.45) is 0 Å². The highest BCUT2D eigenvalue weighted by molar-refractivity contribution is 5.28. The molecule has 0 saturated carbocycles. The van der Waals surface area contributed by atoms with E-state index in [0.717, 1.165) is 17.0 Å². The first-order valence-corrected chi connectivity index (χ1v) is 4.99. The van der Waals surface area contributed by atoms with Crippen LogP contribution in [-0.4, -0.2) is 15.1 Å². The molecule has 1 aromatic heterocycles. The zero-order valence-electron chi connectivity index (χ0n) is 8.64. The molecule has 0 bridgehead atoms. The molecular formula is C12H14N2O. The number of nitrogens with zero attached hydrogens (tertiary/aromatic N) is 1. The highest BCUT2D eigenvalue weighted by Crippen LogP contribution is 2.19. The van der Waals surface area contributed by atoms with Crippen LogP contribution < -0.4 is 0 Å². The van der Waals surface area contributed by atoms with Crippen LogP contribution in [0.5, 0.6) is 0 Å². The van der Waals surface area contributed by atoms with Crippen LogP contribution in [0.3, 0.4) is 0 Å². The number of hydrogen-bond donors (Lipinski definition) is 2. The minimum atomic E-state index is -0.489. The summed E-state index contributed by atoms with van der Waals surface area (Å²) in [5, 5.41) is 10.0. The van der Waals surface area contributed by atoms with E-state index < -0.39 is 6.10 Å². The first-order chi connectivity index (χ1) is 7.27. The molecule has 3 heteroatoms. The smallest absolute Gasteiger partial charge is 0.108 e. The molecule has 1 atom stereocenters. The van der Waals surface area contributed by atoms with E-state index in [1.165, 1.54) is 0 Å². The fourth-order valence-corrected chi connectivity index (χ4v) is 1.66. The molecule has 1 aromatic carbocycles. The summed E-state index contributed by atoms with van der Waals surface area (Å²) in [6.07, 6.45) is 3.50. The molecule has 3 nitrogen and oxygen atoms in total. The number of rotatable bonds is 3. The largest absolute Gasteiger partial charge is 0.388 e. The van der Waals surface area contributed by atoms with Crippen molar-refractivity contribution in [1.82, 2.24) is 9.97 Å². The molecule has 2 N–H and O–H groups in total. The van der Waals surface area contributed by atoms with E-state index >= 15 is 0 Å². The number of aromatic amines is 1. The second kappa shape index (κ2) is 4.28. The number of nitrogens with one attached hydrogen (secondary N) is 1. The number of hydrogen-bond acceptors (Lipinski definition) is 2. The minimum Gasteiger partial charge on any atom is -0.388 e. The predicted molar refractivity (Wildman–Crippen MR) is 58.4 cm³/mol. The lowest BCUT2D eigenvalue weighted by molar-refractivity contribution is 0.175. The Balaban J connectivity index is 2.15. The van der Waals surface area contributed by atoms with E-state index in [-0.39, 0.29) is 0 Å². The van der Waals surface area contributed by atoms with E-state index in [2.05, 4.69) is 9.97 Å². The van der Waals surface area contributed by atoms with Crippen LogP contribution in [0, 0.1) is 6.92 Å². The van der Waals surface area contributed by atoms with Gasteiger partial charge in [0, 0.05) is 18.8 Å². The van der Waals surface area contributed by atoms with Gasteiger partial charge < -0.3 is 10.1 Å². The summed E-state index contributed by atoms with van der Waals surface area (Å²) in [5.41, 5.74) is 2.07. The second-order valence-corrected chi connectivity index (χ2v) is 3.61. The normalized spacial score (nSPS) is 12.7. The van der Waals surface area contributed by atoms with Crippen LogP contribution in [0.1, 0.15) is 23.1 Å². The summed E-state index contributed by atoms with van der Waals surface area (Å²) >= 11 is 0. The van der Waals surface area contributed by atoms with E-state index in [1.807, 2.05) is 31.2 Å². The maximum Gasteiger partial charge on any atom is 0.108 e. The SMILES string of the molecule is Cc1ccccc1C(O)Cc1ncc[nH]1. The monoisotopic (exact) mass is 202 g/mol. The molecule has 78 valence electrons. The maximum absolute atomic E-state index is 10.0. The molecule has 0 spiro atoms. The van der Waals surface area contributed by atoms with Crippen LogP contribution in [0.15, 0.2) is 36.7 Å². The van der Waals surface area contributed by atoms with Gasteiger partial charge in [-0.3, -0.25) is 0 Å². The number of benzene rings is 1. The molecule has 0 fully saturated rings. The molecule has 0 amide bonds. The van der Waals surface area contributed by atoms with E-state index in [9.17, 15) is 5.11 Å². The highest BCUT2D eigenvalue weighted by atomic mass is 16.3. The average molecular weight is 202 g/mol. The summed E-state index contributed by atoms with van der Waals surface area (Å²) in [6, 6.07) is 7.86. The summed E-state index contributed by atoms with van der Waals surface area (Å²) in [5.74, 6) is 0.811. The van der Waals surface area contributed by atoms with E-state index in [1.54, 1.807) is 12.4 Å². The van der Waals surface area contributed by atoms with Gasteiger partial charge in [-0.2, -0.15) is 0 Å². The third-order valence-corrected chi connectivity index (χ3v) is 2.49. The van der Waals surface area contributed by atoms with Gasteiger partial charge in [-0.05, 0) is 18.1 Å². The van der Waals surface area contributed by atoms with Crippen molar-refractivity contribution >= 4 is 0 Å². The summed E-state index contributed by atoms with van der Waals surface area (Å²) < 4.78 is 0. The van der Waals surface area contributed by atoms with Crippen LogP contribution >= 0.6 is 0 Å². The number of aromatic nitrogens is 2. The molecule has 0 saturated heterocycles. The van der Waals surface area contributed by atoms with Gasteiger partial charge >= 0.3 is 0 Å². The first kappa shape index (κ1) is 9.93. The molecule has 15 heavy (non-hydrogen) atoms. The average Bonchev–Trinajstić information content (AvgIpc) is 2.71. The quantitative estimate of drug-likeness (QED) is 0.799. The molecule has 0 aliphatic carbocycles. The number of aliphatic hydroxyl groups excluding tert-OH is 1. The number of imidazole rings is 1. The number of aryl methyl sites for hydroxylation is 1. The molecular weight excluding hydrogens is 188 g/mol. The molecule has 0 aliphatic rings. The zero-order chi connectivity index (χ0) is 10.7. The van der Waals surface area contributed by atoms with Crippen LogP contribution in [0.4, 0.5) is 0 Å². The lowest BCUT2D eigenvalue weighted by Crippen LogP contribution is -2.04. The second-order valence-electron chi connectivity index (χ2n) is 3.61. The van der Waals surface area contributed by atoms with Gasteiger partial charge in [-0.25, -0.2) is 4.98 Å². The van der Waals surface area contributed by atoms with Gasteiger partial charge in [-0.15, -0.1) is 0 Å². The molecule has 0 radical (unpaired) electrons. The number of H-pyrrole nitrogens is 1.